The van der Waals surface area contributed by atoms with Crippen molar-refractivity contribution in [1.82, 2.24) is 0 Å². The minimum Gasteiger partial charge on any atom is -0.492 e. The lowest BCUT2D eigenvalue weighted by Crippen LogP contribution is -2.22. The van der Waals surface area contributed by atoms with Crippen LogP contribution in [-0.2, 0) is 0 Å². The number of rotatable bonds is 5. The number of hydrogen-bond acceptors (Lipinski definition) is 3. The van der Waals surface area contributed by atoms with Gasteiger partial charge in [-0.2, -0.15) is 0 Å². The molecule has 0 atom stereocenters. The summed E-state index contributed by atoms with van der Waals surface area (Å²) >= 11 is 3.44. The summed E-state index contributed by atoms with van der Waals surface area (Å²) < 4.78 is 6.71. The van der Waals surface area contributed by atoms with Crippen LogP contribution in [-0.4, -0.2) is 17.6 Å². The number of benzene rings is 1. The topological polar surface area (TPSA) is 67.8 Å². The normalized spacial score (nSPS) is 17.8. The molecule has 17 heavy (non-hydrogen) atoms. The fraction of sp³-hybridized carbons (Fsp3) is 0.417. The molecule has 4 nitrogen and oxygen atoms in total. The highest BCUT2D eigenvalue weighted by Crippen LogP contribution is 2.49. The summed E-state index contributed by atoms with van der Waals surface area (Å²) in [5.74, 6) is 1.11. The summed E-state index contributed by atoms with van der Waals surface area (Å²) in [6.45, 7) is 0.603. The van der Waals surface area contributed by atoms with Crippen LogP contribution in [0, 0.1) is 5.41 Å². The van der Waals surface area contributed by atoms with E-state index in [2.05, 4.69) is 21.1 Å². The second kappa shape index (κ2) is 4.96. The molecule has 1 aliphatic carbocycles. The molecule has 0 bridgehead atoms. The fourth-order valence-corrected chi connectivity index (χ4v) is 2.16. The number of para-hydroxylation sites is 1. The Bertz CT molecular complexity index is 430. The molecule has 1 aromatic carbocycles. The summed E-state index contributed by atoms with van der Waals surface area (Å²) in [5, 5.41) is 11.6. The van der Waals surface area contributed by atoms with Crippen molar-refractivity contribution >= 4 is 21.8 Å². The Hall–Kier alpha value is -1.23. The molecule has 92 valence electrons. The number of nitrogens with two attached hydrogens (primary N) is 1. The molecule has 0 radical (unpaired) electrons. The van der Waals surface area contributed by atoms with Crippen molar-refractivity contribution in [1.29, 1.82) is 0 Å². The smallest absolute Gasteiger partial charge is 0.139 e. The van der Waals surface area contributed by atoms with E-state index in [9.17, 15) is 0 Å². The van der Waals surface area contributed by atoms with Crippen LogP contribution in [0.15, 0.2) is 33.9 Å². The lowest BCUT2D eigenvalue weighted by atomic mass is 10.0. The van der Waals surface area contributed by atoms with Crippen molar-refractivity contribution in [2.24, 2.45) is 16.3 Å². The van der Waals surface area contributed by atoms with Crippen molar-refractivity contribution in [3.63, 3.8) is 0 Å². The molecule has 2 rings (SSSR count). The third-order valence-electron chi connectivity index (χ3n) is 3.01. The van der Waals surface area contributed by atoms with Crippen LogP contribution >= 0.6 is 15.9 Å². The Morgan fingerprint density at radius 2 is 2.18 bits per heavy atom. The lowest BCUT2D eigenvalue weighted by molar-refractivity contribution is 0.235. The van der Waals surface area contributed by atoms with Gasteiger partial charge in [-0.1, -0.05) is 17.3 Å². The van der Waals surface area contributed by atoms with Gasteiger partial charge in [-0.05, 0) is 40.9 Å². The van der Waals surface area contributed by atoms with E-state index in [0.717, 1.165) is 23.1 Å². The van der Waals surface area contributed by atoms with E-state index in [0.29, 0.717) is 13.0 Å². The standard InChI is InChI=1S/C12H15BrN2O2/c13-9-3-1-2-4-10(9)17-8-12(5-6-12)7-11(14)15-16/h1-4,16H,5-8H2,(H2,14,15). The van der Waals surface area contributed by atoms with Gasteiger partial charge in [0.05, 0.1) is 11.1 Å². The van der Waals surface area contributed by atoms with Crippen molar-refractivity contribution in [2.45, 2.75) is 19.3 Å². The first-order valence-electron chi connectivity index (χ1n) is 5.49. The molecule has 0 aromatic heterocycles. The van der Waals surface area contributed by atoms with Gasteiger partial charge in [0.1, 0.15) is 11.6 Å². The van der Waals surface area contributed by atoms with E-state index in [1.807, 2.05) is 24.3 Å². The Balaban J connectivity index is 1.92. The highest BCUT2D eigenvalue weighted by Gasteiger charge is 2.44. The summed E-state index contributed by atoms with van der Waals surface area (Å²) in [7, 11) is 0. The average Bonchev–Trinajstić information content (AvgIpc) is 3.08. The molecule has 0 amide bonds. The van der Waals surface area contributed by atoms with E-state index in [-0.39, 0.29) is 11.3 Å². The van der Waals surface area contributed by atoms with Crippen molar-refractivity contribution < 1.29 is 9.94 Å². The van der Waals surface area contributed by atoms with Gasteiger partial charge in [0, 0.05) is 11.8 Å². The Kier molecular flexibility index (Phi) is 3.57. The molecule has 0 unspecified atom stereocenters. The Labute approximate surface area is 109 Å². The second-order valence-electron chi connectivity index (χ2n) is 4.49. The third kappa shape index (κ3) is 3.12. The largest absolute Gasteiger partial charge is 0.492 e. The van der Waals surface area contributed by atoms with Crippen LogP contribution in [0.5, 0.6) is 5.75 Å². The van der Waals surface area contributed by atoms with Crippen LogP contribution in [0.1, 0.15) is 19.3 Å². The maximum absolute atomic E-state index is 8.57. The number of ether oxygens (including phenoxy) is 1. The maximum Gasteiger partial charge on any atom is 0.139 e. The molecule has 1 fully saturated rings. The first-order valence-corrected chi connectivity index (χ1v) is 6.28. The van der Waals surface area contributed by atoms with Crippen molar-refractivity contribution in [3.8, 4) is 5.75 Å². The highest BCUT2D eigenvalue weighted by atomic mass is 79.9. The quantitative estimate of drug-likeness (QED) is 0.380. The molecule has 0 spiro atoms. The molecule has 3 N–H and O–H groups in total. The summed E-state index contributed by atoms with van der Waals surface area (Å²) in [4.78, 5) is 0. The maximum atomic E-state index is 8.57. The minimum absolute atomic E-state index is 0.0611. The van der Waals surface area contributed by atoms with E-state index in [1.54, 1.807) is 0 Å². The van der Waals surface area contributed by atoms with Gasteiger partial charge in [-0.15, -0.1) is 0 Å². The van der Waals surface area contributed by atoms with Crippen LogP contribution in [0.2, 0.25) is 0 Å². The highest BCUT2D eigenvalue weighted by molar-refractivity contribution is 9.10. The minimum atomic E-state index is 0.0611. The van der Waals surface area contributed by atoms with Crippen LogP contribution in [0.4, 0.5) is 0 Å². The SMILES string of the molecule is NC(CC1(COc2ccccc2Br)CC1)=NO. The molecule has 0 heterocycles. The van der Waals surface area contributed by atoms with Crippen molar-refractivity contribution in [2.75, 3.05) is 6.61 Å². The van der Waals surface area contributed by atoms with Gasteiger partial charge in [-0.25, -0.2) is 0 Å². The number of nitrogens with zero attached hydrogens (tertiary/aromatic N) is 1. The third-order valence-corrected chi connectivity index (χ3v) is 3.67. The van der Waals surface area contributed by atoms with Gasteiger partial charge in [0.25, 0.3) is 0 Å². The van der Waals surface area contributed by atoms with Crippen LogP contribution in [0.25, 0.3) is 0 Å². The zero-order chi connectivity index (χ0) is 12.3. The monoisotopic (exact) mass is 298 g/mol. The molecule has 0 aliphatic heterocycles. The summed E-state index contributed by atoms with van der Waals surface area (Å²) in [6, 6.07) is 7.74. The van der Waals surface area contributed by atoms with Crippen molar-refractivity contribution in [3.05, 3.63) is 28.7 Å². The first kappa shape index (κ1) is 12.2. The molecule has 1 aromatic rings. The van der Waals surface area contributed by atoms with E-state index < -0.39 is 0 Å². The lowest BCUT2D eigenvalue weighted by Gasteiger charge is -2.16. The number of amidine groups is 1. The van der Waals surface area contributed by atoms with Gasteiger partial charge in [-0.3, -0.25) is 0 Å². The molecule has 1 aliphatic rings. The molecular weight excluding hydrogens is 284 g/mol. The van der Waals surface area contributed by atoms with Crippen LogP contribution < -0.4 is 10.5 Å². The van der Waals surface area contributed by atoms with E-state index in [4.69, 9.17) is 15.7 Å². The first-order chi connectivity index (χ1) is 8.15. The zero-order valence-corrected chi connectivity index (χ0v) is 11.0. The predicted molar refractivity (Wildman–Crippen MR) is 69.3 cm³/mol. The second-order valence-corrected chi connectivity index (χ2v) is 5.34. The Morgan fingerprint density at radius 3 is 2.76 bits per heavy atom. The Morgan fingerprint density at radius 1 is 1.47 bits per heavy atom. The van der Waals surface area contributed by atoms with E-state index >= 15 is 0 Å². The average molecular weight is 299 g/mol. The zero-order valence-electron chi connectivity index (χ0n) is 9.40. The molecule has 5 heteroatoms. The molecule has 1 saturated carbocycles. The van der Waals surface area contributed by atoms with Gasteiger partial charge in [0.15, 0.2) is 0 Å². The summed E-state index contributed by atoms with van der Waals surface area (Å²) in [6.07, 6.45) is 2.72. The van der Waals surface area contributed by atoms with Crippen LogP contribution in [0.3, 0.4) is 0 Å². The molecular formula is C12H15BrN2O2. The van der Waals surface area contributed by atoms with Gasteiger partial charge in [0.2, 0.25) is 0 Å². The van der Waals surface area contributed by atoms with Gasteiger partial charge >= 0.3 is 0 Å². The number of halogens is 1. The number of hydrogen-bond donors (Lipinski definition) is 2. The van der Waals surface area contributed by atoms with Gasteiger partial charge < -0.3 is 15.7 Å². The summed E-state index contributed by atoms with van der Waals surface area (Å²) in [5.41, 5.74) is 5.59. The fourth-order valence-electron chi connectivity index (χ4n) is 1.76. The predicted octanol–water partition coefficient (Wildman–Crippen LogP) is 2.74. The van der Waals surface area contributed by atoms with E-state index in [1.165, 1.54) is 0 Å². The molecule has 0 saturated heterocycles. The number of oxime groups is 1.